The van der Waals surface area contributed by atoms with Crippen molar-refractivity contribution in [2.75, 3.05) is 4.90 Å². The maximum absolute atomic E-state index is 13.0. The number of carbonyl (C=O) groups excluding carboxylic acids is 1. The minimum absolute atomic E-state index is 0.105. The average molecular weight is 359 g/mol. The molecule has 0 radical (unpaired) electrons. The van der Waals surface area contributed by atoms with Crippen molar-refractivity contribution in [2.45, 2.75) is 13.1 Å². The topological polar surface area (TPSA) is 68.3 Å². The van der Waals surface area contributed by atoms with Crippen molar-refractivity contribution in [3.63, 3.8) is 0 Å². The summed E-state index contributed by atoms with van der Waals surface area (Å²) >= 11 is 0. The average Bonchev–Trinajstić information content (AvgIpc) is 3.22. The maximum Gasteiger partial charge on any atom is 0.261 e. The zero-order valence-electron chi connectivity index (χ0n) is 14.5. The number of anilines is 1. The van der Waals surface area contributed by atoms with Crippen LogP contribution in [-0.4, -0.2) is 15.5 Å². The summed E-state index contributed by atoms with van der Waals surface area (Å²) in [6.07, 6.45) is 2.99. The number of furan rings is 1. The van der Waals surface area contributed by atoms with Crippen LogP contribution in [0.15, 0.2) is 88.5 Å². The van der Waals surface area contributed by atoms with E-state index in [1.165, 1.54) is 10.9 Å². The Bertz CT molecular complexity index is 1120. The number of para-hydroxylation sites is 2. The molecule has 2 heterocycles. The van der Waals surface area contributed by atoms with E-state index in [4.69, 9.17) is 4.42 Å². The van der Waals surface area contributed by atoms with Gasteiger partial charge in [0.1, 0.15) is 12.3 Å². The van der Waals surface area contributed by atoms with Crippen LogP contribution in [0, 0.1) is 0 Å². The molecule has 4 rings (SSSR count). The van der Waals surface area contributed by atoms with E-state index in [2.05, 4.69) is 4.98 Å². The van der Waals surface area contributed by atoms with Gasteiger partial charge in [-0.25, -0.2) is 4.98 Å². The fraction of sp³-hybridized carbons (Fsp3) is 0.0952. The molecule has 27 heavy (non-hydrogen) atoms. The second-order valence-corrected chi connectivity index (χ2v) is 6.09. The monoisotopic (exact) mass is 359 g/mol. The number of aromatic nitrogens is 2. The van der Waals surface area contributed by atoms with Gasteiger partial charge in [0.25, 0.3) is 5.56 Å². The van der Waals surface area contributed by atoms with Gasteiger partial charge in [-0.15, -0.1) is 0 Å². The smallest absolute Gasteiger partial charge is 0.261 e. The van der Waals surface area contributed by atoms with E-state index < -0.39 is 0 Å². The van der Waals surface area contributed by atoms with Crippen LogP contribution in [0.2, 0.25) is 0 Å². The van der Waals surface area contributed by atoms with Gasteiger partial charge in [0, 0.05) is 5.69 Å². The summed E-state index contributed by atoms with van der Waals surface area (Å²) in [5.74, 6) is 0.438. The molecule has 0 aliphatic carbocycles. The lowest BCUT2D eigenvalue weighted by Gasteiger charge is -2.22. The first-order valence-corrected chi connectivity index (χ1v) is 8.54. The Morgan fingerprint density at radius 3 is 2.56 bits per heavy atom. The van der Waals surface area contributed by atoms with Gasteiger partial charge in [0.15, 0.2) is 0 Å². The molecule has 0 saturated carbocycles. The molecule has 4 aromatic rings. The number of hydrogen-bond acceptors (Lipinski definition) is 4. The van der Waals surface area contributed by atoms with Crippen molar-refractivity contribution in [1.82, 2.24) is 9.55 Å². The van der Waals surface area contributed by atoms with Crippen LogP contribution in [0.3, 0.4) is 0 Å². The lowest BCUT2D eigenvalue weighted by molar-refractivity contribution is -0.119. The van der Waals surface area contributed by atoms with Gasteiger partial charge in [0.05, 0.1) is 30.0 Å². The molecule has 0 aliphatic rings. The fourth-order valence-electron chi connectivity index (χ4n) is 2.94. The quantitative estimate of drug-likeness (QED) is 0.549. The summed E-state index contributed by atoms with van der Waals surface area (Å²) in [5.41, 5.74) is 1.11. The summed E-state index contributed by atoms with van der Waals surface area (Å²) in [7, 11) is 0. The van der Waals surface area contributed by atoms with E-state index >= 15 is 0 Å². The van der Waals surface area contributed by atoms with Crippen LogP contribution in [0.1, 0.15) is 5.76 Å². The van der Waals surface area contributed by atoms with Gasteiger partial charge in [0.2, 0.25) is 5.91 Å². The standard InChI is InChI=1S/C21H17N3O3/c25-20(14-23-15-22-19-11-5-4-10-18(19)21(23)26)24(13-17-9-6-12-27-17)16-7-2-1-3-8-16/h1-12,15H,13-14H2. The lowest BCUT2D eigenvalue weighted by Crippen LogP contribution is -2.36. The first kappa shape index (κ1) is 16.8. The Morgan fingerprint density at radius 2 is 1.78 bits per heavy atom. The molecule has 0 fully saturated rings. The number of carbonyl (C=O) groups is 1. The molecule has 6 heteroatoms. The van der Waals surface area contributed by atoms with Crippen LogP contribution >= 0.6 is 0 Å². The molecule has 0 unspecified atom stereocenters. The van der Waals surface area contributed by atoms with Gasteiger partial charge >= 0.3 is 0 Å². The molecule has 0 spiro atoms. The molecular formula is C21H17N3O3. The minimum Gasteiger partial charge on any atom is -0.467 e. The third-order valence-corrected chi connectivity index (χ3v) is 4.30. The molecule has 134 valence electrons. The largest absolute Gasteiger partial charge is 0.467 e. The maximum atomic E-state index is 13.0. The van der Waals surface area contributed by atoms with E-state index in [1.807, 2.05) is 42.5 Å². The van der Waals surface area contributed by atoms with Gasteiger partial charge in [-0.2, -0.15) is 0 Å². The van der Waals surface area contributed by atoms with E-state index in [9.17, 15) is 9.59 Å². The molecule has 1 amide bonds. The summed E-state index contributed by atoms with van der Waals surface area (Å²) in [5, 5.41) is 0.491. The van der Waals surface area contributed by atoms with E-state index in [1.54, 1.807) is 35.4 Å². The zero-order chi connectivity index (χ0) is 18.6. The highest BCUT2D eigenvalue weighted by Gasteiger charge is 2.19. The lowest BCUT2D eigenvalue weighted by atomic mass is 10.2. The second kappa shape index (κ2) is 7.29. The summed E-state index contributed by atoms with van der Waals surface area (Å²) < 4.78 is 6.73. The van der Waals surface area contributed by atoms with Gasteiger partial charge < -0.3 is 9.32 Å². The molecule has 0 saturated heterocycles. The molecule has 2 aromatic carbocycles. The number of fused-ring (bicyclic) bond motifs is 1. The van der Waals surface area contributed by atoms with E-state index in [-0.39, 0.29) is 24.6 Å². The Morgan fingerprint density at radius 1 is 1.00 bits per heavy atom. The SMILES string of the molecule is O=C(Cn1cnc2ccccc2c1=O)N(Cc1ccco1)c1ccccc1. The molecule has 6 nitrogen and oxygen atoms in total. The van der Waals surface area contributed by atoms with E-state index in [0.717, 1.165) is 5.69 Å². The first-order valence-electron chi connectivity index (χ1n) is 8.54. The summed E-state index contributed by atoms with van der Waals surface area (Å²) in [6.45, 7) is 0.178. The Balaban J connectivity index is 1.66. The summed E-state index contributed by atoms with van der Waals surface area (Å²) in [4.78, 5) is 31.6. The van der Waals surface area contributed by atoms with Crippen LogP contribution in [0.4, 0.5) is 5.69 Å². The molecule has 2 aromatic heterocycles. The molecule has 0 atom stereocenters. The highest BCUT2D eigenvalue weighted by molar-refractivity contribution is 5.93. The third-order valence-electron chi connectivity index (χ3n) is 4.30. The predicted molar refractivity (Wildman–Crippen MR) is 102 cm³/mol. The molecule has 0 N–H and O–H groups in total. The van der Waals surface area contributed by atoms with E-state index in [0.29, 0.717) is 16.7 Å². The van der Waals surface area contributed by atoms with Crippen molar-refractivity contribution < 1.29 is 9.21 Å². The van der Waals surface area contributed by atoms with Crippen LogP contribution in [-0.2, 0) is 17.9 Å². The number of rotatable bonds is 5. The normalized spacial score (nSPS) is 10.8. The van der Waals surface area contributed by atoms with Gasteiger partial charge in [-0.05, 0) is 36.4 Å². The van der Waals surface area contributed by atoms with Crippen LogP contribution in [0.25, 0.3) is 10.9 Å². The minimum atomic E-state index is -0.236. The van der Waals surface area contributed by atoms with Crippen molar-refractivity contribution in [1.29, 1.82) is 0 Å². The van der Waals surface area contributed by atoms with Crippen LogP contribution < -0.4 is 10.5 Å². The third kappa shape index (κ3) is 3.50. The Hall–Kier alpha value is -3.67. The Labute approximate surface area is 155 Å². The predicted octanol–water partition coefficient (Wildman–Crippen LogP) is 3.22. The van der Waals surface area contributed by atoms with Crippen LogP contribution in [0.5, 0.6) is 0 Å². The number of nitrogens with zero attached hydrogens (tertiary/aromatic N) is 3. The molecular weight excluding hydrogens is 342 g/mol. The number of benzene rings is 2. The van der Waals surface area contributed by atoms with Crippen molar-refractivity contribution in [2.24, 2.45) is 0 Å². The van der Waals surface area contributed by atoms with Gasteiger partial charge in [-0.3, -0.25) is 14.2 Å². The second-order valence-electron chi connectivity index (χ2n) is 6.09. The number of amides is 1. The fourth-order valence-corrected chi connectivity index (χ4v) is 2.94. The first-order chi connectivity index (χ1) is 13.2. The van der Waals surface area contributed by atoms with Crippen molar-refractivity contribution >= 4 is 22.5 Å². The molecule has 0 bridgehead atoms. The van der Waals surface area contributed by atoms with Crippen molar-refractivity contribution in [3.8, 4) is 0 Å². The van der Waals surface area contributed by atoms with Crippen molar-refractivity contribution in [3.05, 3.63) is 95.4 Å². The number of hydrogen-bond donors (Lipinski definition) is 0. The summed E-state index contributed by atoms with van der Waals surface area (Å²) in [6, 6.07) is 20.0. The highest BCUT2D eigenvalue weighted by Crippen LogP contribution is 2.18. The molecule has 0 aliphatic heterocycles. The zero-order valence-corrected chi connectivity index (χ0v) is 14.5. The Kier molecular flexibility index (Phi) is 4.53. The van der Waals surface area contributed by atoms with Gasteiger partial charge in [-0.1, -0.05) is 30.3 Å². The highest BCUT2D eigenvalue weighted by atomic mass is 16.3.